The molecule has 2 saturated heterocycles. The Bertz CT molecular complexity index is 347. The summed E-state index contributed by atoms with van der Waals surface area (Å²) in [5, 5.41) is 11.8. The highest BCUT2D eigenvalue weighted by Gasteiger charge is 2.28. The average Bonchev–Trinajstić information content (AvgIpc) is 2.92. The molecule has 0 spiro atoms. The van der Waals surface area contributed by atoms with Crippen molar-refractivity contribution in [3.05, 3.63) is 0 Å². The van der Waals surface area contributed by atoms with Gasteiger partial charge in [-0.25, -0.2) is 4.79 Å². The summed E-state index contributed by atoms with van der Waals surface area (Å²) in [5.41, 5.74) is 0. The summed E-state index contributed by atoms with van der Waals surface area (Å²) in [6.45, 7) is 4.04. The minimum Gasteiger partial charge on any atom is -0.481 e. The Hall–Kier alpha value is -1.30. The van der Waals surface area contributed by atoms with E-state index >= 15 is 0 Å². The number of carboxylic acid groups (broad SMARTS) is 1. The molecule has 0 saturated carbocycles. The van der Waals surface area contributed by atoms with Crippen molar-refractivity contribution < 1.29 is 19.4 Å². The van der Waals surface area contributed by atoms with E-state index in [1.807, 2.05) is 6.92 Å². The van der Waals surface area contributed by atoms with E-state index in [1.165, 1.54) is 0 Å². The third-order valence-corrected chi connectivity index (χ3v) is 4.24. The standard InChI is InChI=1S/C14H24N2O4/c1-10(12-3-2-8-20-12)15-14(19)16-6-4-11(5-7-16)9-13(17)18/h10-12H,2-9H2,1H3,(H,15,19)(H,17,18). The molecule has 0 aromatic rings. The number of urea groups is 1. The number of carbonyl (C=O) groups is 2. The van der Waals surface area contributed by atoms with Crippen LogP contribution in [0.25, 0.3) is 0 Å². The van der Waals surface area contributed by atoms with Gasteiger partial charge in [0, 0.05) is 26.1 Å². The number of aliphatic carboxylic acids is 1. The van der Waals surface area contributed by atoms with Crippen LogP contribution in [0.15, 0.2) is 0 Å². The number of nitrogens with zero attached hydrogens (tertiary/aromatic N) is 1. The lowest BCUT2D eigenvalue weighted by atomic mass is 9.94. The Morgan fingerprint density at radius 1 is 1.35 bits per heavy atom. The maximum absolute atomic E-state index is 12.1. The van der Waals surface area contributed by atoms with Crippen LogP contribution < -0.4 is 5.32 Å². The lowest BCUT2D eigenvalue weighted by molar-refractivity contribution is -0.138. The molecule has 0 bridgehead atoms. The highest BCUT2D eigenvalue weighted by molar-refractivity contribution is 5.74. The Balaban J connectivity index is 1.72. The van der Waals surface area contributed by atoms with Gasteiger partial charge in [0.2, 0.25) is 0 Å². The summed E-state index contributed by atoms with van der Waals surface area (Å²) in [6, 6.07) is -0.0245. The van der Waals surface area contributed by atoms with Gasteiger partial charge < -0.3 is 20.1 Å². The predicted octanol–water partition coefficient (Wildman–Crippen LogP) is 1.45. The van der Waals surface area contributed by atoms with E-state index in [4.69, 9.17) is 9.84 Å². The van der Waals surface area contributed by atoms with Gasteiger partial charge in [-0.3, -0.25) is 4.79 Å². The summed E-state index contributed by atoms with van der Waals surface area (Å²) in [5.74, 6) is -0.549. The van der Waals surface area contributed by atoms with Gasteiger partial charge in [0.1, 0.15) is 0 Å². The maximum atomic E-state index is 12.1. The Kier molecular flexibility index (Phi) is 5.23. The van der Waals surface area contributed by atoms with Gasteiger partial charge >= 0.3 is 12.0 Å². The largest absolute Gasteiger partial charge is 0.481 e. The number of carboxylic acids is 1. The molecular formula is C14H24N2O4. The minimum absolute atomic E-state index is 0.0294. The second kappa shape index (κ2) is 6.92. The number of rotatable bonds is 4. The van der Waals surface area contributed by atoms with Crippen molar-refractivity contribution in [1.82, 2.24) is 10.2 Å². The molecule has 2 amide bonds. The van der Waals surface area contributed by atoms with Crippen LogP contribution in [0.1, 0.15) is 39.0 Å². The molecule has 2 unspecified atom stereocenters. The van der Waals surface area contributed by atoms with E-state index in [1.54, 1.807) is 4.90 Å². The molecule has 2 N–H and O–H groups in total. The summed E-state index contributed by atoms with van der Waals surface area (Å²) in [4.78, 5) is 24.6. The van der Waals surface area contributed by atoms with E-state index in [0.717, 1.165) is 32.3 Å². The monoisotopic (exact) mass is 284 g/mol. The molecule has 2 rings (SSSR count). The van der Waals surface area contributed by atoms with Gasteiger partial charge in [0.15, 0.2) is 0 Å². The van der Waals surface area contributed by atoms with Crippen molar-refractivity contribution >= 4 is 12.0 Å². The SMILES string of the molecule is CC(NC(=O)N1CCC(CC(=O)O)CC1)C1CCCO1. The topological polar surface area (TPSA) is 78.9 Å². The fourth-order valence-corrected chi connectivity index (χ4v) is 2.96. The molecule has 2 atom stereocenters. The minimum atomic E-state index is -0.750. The lowest BCUT2D eigenvalue weighted by Gasteiger charge is -2.33. The molecule has 0 radical (unpaired) electrons. The van der Waals surface area contributed by atoms with Crippen molar-refractivity contribution in [2.75, 3.05) is 19.7 Å². The first-order valence-corrected chi connectivity index (χ1v) is 7.45. The molecule has 114 valence electrons. The lowest BCUT2D eigenvalue weighted by Crippen LogP contribution is -2.50. The first kappa shape index (κ1) is 15.1. The Labute approximate surface area is 119 Å². The summed E-state index contributed by atoms with van der Waals surface area (Å²) in [6.07, 6.45) is 3.95. The van der Waals surface area contributed by atoms with Crippen molar-refractivity contribution in [3.63, 3.8) is 0 Å². The number of ether oxygens (including phenoxy) is 1. The molecule has 2 aliphatic heterocycles. The molecule has 2 aliphatic rings. The third kappa shape index (κ3) is 4.10. The van der Waals surface area contributed by atoms with Crippen LogP contribution in [0.2, 0.25) is 0 Å². The highest BCUT2D eigenvalue weighted by atomic mass is 16.5. The zero-order chi connectivity index (χ0) is 14.5. The molecule has 2 fully saturated rings. The van der Waals surface area contributed by atoms with Crippen molar-refractivity contribution in [3.8, 4) is 0 Å². The van der Waals surface area contributed by atoms with Gasteiger partial charge in [-0.15, -0.1) is 0 Å². The molecule has 0 aliphatic carbocycles. The molecule has 20 heavy (non-hydrogen) atoms. The number of hydrogen-bond acceptors (Lipinski definition) is 3. The first-order chi connectivity index (χ1) is 9.56. The summed E-state index contributed by atoms with van der Waals surface area (Å²) >= 11 is 0. The van der Waals surface area contributed by atoms with Crippen LogP contribution in [0.3, 0.4) is 0 Å². The molecule has 0 aromatic heterocycles. The second-order valence-electron chi connectivity index (χ2n) is 5.82. The third-order valence-electron chi connectivity index (χ3n) is 4.24. The number of likely N-dealkylation sites (tertiary alicyclic amines) is 1. The number of nitrogens with one attached hydrogen (secondary N) is 1. The average molecular weight is 284 g/mol. The van der Waals surface area contributed by atoms with Gasteiger partial charge in [0.25, 0.3) is 0 Å². The zero-order valence-electron chi connectivity index (χ0n) is 12.0. The second-order valence-corrected chi connectivity index (χ2v) is 5.82. The van der Waals surface area contributed by atoms with Crippen molar-refractivity contribution in [1.29, 1.82) is 0 Å². The fourth-order valence-electron chi connectivity index (χ4n) is 2.96. The van der Waals surface area contributed by atoms with E-state index in [9.17, 15) is 9.59 Å². The van der Waals surface area contributed by atoms with Crippen LogP contribution in [0, 0.1) is 5.92 Å². The quantitative estimate of drug-likeness (QED) is 0.819. The van der Waals surface area contributed by atoms with Crippen molar-refractivity contribution in [2.45, 2.75) is 51.2 Å². The van der Waals surface area contributed by atoms with Gasteiger partial charge in [0.05, 0.1) is 12.1 Å². The van der Waals surface area contributed by atoms with Crippen LogP contribution in [0.5, 0.6) is 0 Å². The normalized spacial score (nSPS) is 25.4. The Morgan fingerprint density at radius 2 is 2.05 bits per heavy atom. The zero-order valence-corrected chi connectivity index (χ0v) is 12.0. The summed E-state index contributed by atoms with van der Waals surface area (Å²) in [7, 11) is 0. The molecule has 0 aromatic carbocycles. The van der Waals surface area contributed by atoms with E-state index in [-0.39, 0.29) is 30.5 Å². The highest BCUT2D eigenvalue weighted by Crippen LogP contribution is 2.21. The van der Waals surface area contributed by atoms with E-state index in [0.29, 0.717) is 13.1 Å². The number of hydrogen-bond donors (Lipinski definition) is 2. The van der Waals surface area contributed by atoms with Crippen LogP contribution in [-0.4, -0.2) is 53.8 Å². The fraction of sp³-hybridized carbons (Fsp3) is 0.857. The molecule has 6 nitrogen and oxygen atoms in total. The number of carbonyl (C=O) groups excluding carboxylic acids is 1. The van der Waals surface area contributed by atoms with E-state index < -0.39 is 5.97 Å². The Morgan fingerprint density at radius 3 is 2.60 bits per heavy atom. The first-order valence-electron chi connectivity index (χ1n) is 7.45. The van der Waals surface area contributed by atoms with E-state index in [2.05, 4.69) is 5.32 Å². The van der Waals surface area contributed by atoms with Crippen LogP contribution in [0.4, 0.5) is 4.79 Å². The van der Waals surface area contributed by atoms with Crippen LogP contribution >= 0.6 is 0 Å². The molecular weight excluding hydrogens is 260 g/mol. The number of amides is 2. The maximum Gasteiger partial charge on any atom is 0.317 e. The predicted molar refractivity (Wildman–Crippen MR) is 73.5 cm³/mol. The van der Waals surface area contributed by atoms with Gasteiger partial charge in [-0.1, -0.05) is 0 Å². The van der Waals surface area contributed by atoms with Gasteiger partial charge in [-0.05, 0) is 38.5 Å². The number of piperidine rings is 1. The van der Waals surface area contributed by atoms with Gasteiger partial charge in [-0.2, -0.15) is 0 Å². The molecule has 6 heteroatoms. The smallest absolute Gasteiger partial charge is 0.317 e. The summed E-state index contributed by atoms with van der Waals surface area (Å²) < 4.78 is 5.57. The van der Waals surface area contributed by atoms with Crippen molar-refractivity contribution in [2.24, 2.45) is 5.92 Å². The molecule has 2 heterocycles. The van der Waals surface area contributed by atoms with Crippen LogP contribution in [-0.2, 0) is 9.53 Å².